The lowest BCUT2D eigenvalue weighted by Gasteiger charge is -2.07. The van der Waals surface area contributed by atoms with Crippen molar-refractivity contribution in [3.05, 3.63) is 35.6 Å². The molecule has 0 saturated carbocycles. The van der Waals surface area contributed by atoms with E-state index in [0.29, 0.717) is 6.29 Å². The largest absolute Gasteiger partial charge is 0.302 e. The van der Waals surface area contributed by atoms with Gasteiger partial charge in [-0.1, -0.05) is 12.1 Å². The fourth-order valence-corrected chi connectivity index (χ4v) is 1.93. The Morgan fingerprint density at radius 1 is 1.29 bits per heavy atom. The topological polar surface area (TPSA) is 51.2 Å². The predicted molar refractivity (Wildman–Crippen MR) is 50.0 cm³/mol. The predicted octanol–water partition coefficient (Wildman–Crippen LogP) is 1.11. The Balaban J connectivity index is 3.15. The lowest BCUT2D eigenvalue weighted by molar-refractivity contribution is -0.107. The lowest BCUT2D eigenvalue weighted by Crippen LogP contribution is -2.12. The summed E-state index contributed by atoms with van der Waals surface area (Å²) in [7, 11) is -3.47. The van der Waals surface area contributed by atoms with Crippen LogP contribution in [0, 0.1) is 5.82 Å². The van der Waals surface area contributed by atoms with Gasteiger partial charge >= 0.3 is 0 Å². The van der Waals surface area contributed by atoms with Gasteiger partial charge in [0.25, 0.3) is 0 Å². The van der Waals surface area contributed by atoms with E-state index < -0.39 is 20.9 Å². The van der Waals surface area contributed by atoms with Gasteiger partial charge in [0, 0.05) is 6.26 Å². The van der Waals surface area contributed by atoms with E-state index in [9.17, 15) is 17.6 Å². The van der Waals surface area contributed by atoms with Crippen molar-refractivity contribution in [1.29, 1.82) is 0 Å². The standard InChI is InChI=1S/C9H9FO3S/c1-14(12,13)9(6-11)7-2-4-8(10)5-3-7/h2-6,9H,1H3. The number of hydrogen-bond donors (Lipinski definition) is 0. The van der Waals surface area contributed by atoms with Crippen molar-refractivity contribution in [2.45, 2.75) is 5.25 Å². The minimum atomic E-state index is -3.47. The summed E-state index contributed by atoms with van der Waals surface area (Å²) in [5, 5.41) is -1.21. The summed E-state index contributed by atoms with van der Waals surface area (Å²) in [5.41, 5.74) is 0.281. The van der Waals surface area contributed by atoms with Crippen molar-refractivity contribution < 1.29 is 17.6 Å². The molecule has 3 nitrogen and oxygen atoms in total. The highest BCUT2D eigenvalue weighted by Gasteiger charge is 2.21. The molecule has 5 heteroatoms. The monoisotopic (exact) mass is 216 g/mol. The maximum Gasteiger partial charge on any atom is 0.161 e. The van der Waals surface area contributed by atoms with Gasteiger partial charge in [-0.3, -0.25) is 0 Å². The number of aldehydes is 1. The summed E-state index contributed by atoms with van der Waals surface area (Å²) in [6, 6.07) is 4.82. The van der Waals surface area contributed by atoms with Crippen molar-refractivity contribution in [3.8, 4) is 0 Å². The molecule has 1 rings (SSSR count). The maximum absolute atomic E-state index is 12.5. The van der Waals surface area contributed by atoms with E-state index in [-0.39, 0.29) is 5.56 Å². The van der Waals surface area contributed by atoms with Crippen LogP contribution in [0.3, 0.4) is 0 Å². The zero-order chi connectivity index (χ0) is 10.8. The fraction of sp³-hybridized carbons (Fsp3) is 0.222. The second-order valence-corrected chi connectivity index (χ2v) is 5.10. The molecule has 0 aliphatic carbocycles. The van der Waals surface area contributed by atoms with Crippen LogP contribution in [-0.2, 0) is 14.6 Å². The summed E-state index contributed by atoms with van der Waals surface area (Å²) < 4.78 is 34.8. The molecule has 0 aliphatic heterocycles. The third kappa shape index (κ3) is 2.38. The zero-order valence-electron chi connectivity index (χ0n) is 7.48. The summed E-state index contributed by atoms with van der Waals surface area (Å²) in [6.07, 6.45) is 1.30. The van der Waals surface area contributed by atoms with E-state index >= 15 is 0 Å². The number of hydrogen-bond acceptors (Lipinski definition) is 3. The Morgan fingerprint density at radius 3 is 2.14 bits per heavy atom. The van der Waals surface area contributed by atoms with Crippen molar-refractivity contribution in [1.82, 2.24) is 0 Å². The number of rotatable bonds is 3. The third-order valence-electron chi connectivity index (χ3n) is 1.78. The van der Waals surface area contributed by atoms with Gasteiger partial charge in [-0.15, -0.1) is 0 Å². The molecule has 1 atom stereocenters. The van der Waals surface area contributed by atoms with Gasteiger partial charge in [0.2, 0.25) is 0 Å². The van der Waals surface area contributed by atoms with E-state index in [1.165, 1.54) is 12.1 Å². The number of halogens is 1. The molecule has 1 aromatic carbocycles. The Bertz CT molecular complexity index is 422. The quantitative estimate of drug-likeness (QED) is 0.711. The first-order chi connectivity index (χ1) is 6.45. The Morgan fingerprint density at radius 2 is 1.79 bits per heavy atom. The summed E-state index contributed by atoms with van der Waals surface area (Å²) in [4.78, 5) is 10.6. The number of carbonyl (C=O) groups is 1. The average Bonchev–Trinajstić information content (AvgIpc) is 2.07. The number of carbonyl (C=O) groups excluding carboxylic acids is 1. The Hall–Kier alpha value is -1.23. The first-order valence-electron chi connectivity index (χ1n) is 3.85. The molecule has 0 amide bonds. The van der Waals surface area contributed by atoms with Gasteiger partial charge in [-0.2, -0.15) is 0 Å². The highest BCUT2D eigenvalue weighted by atomic mass is 32.2. The molecule has 0 heterocycles. The molecule has 1 unspecified atom stereocenters. The van der Waals surface area contributed by atoms with Crippen LogP contribution >= 0.6 is 0 Å². The molecule has 0 saturated heterocycles. The van der Waals surface area contributed by atoms with Crippen LogP contribution in [0.25, 0.3) is 0 Å². The van der Waals surface area contributed by atoms with Crippen LogP contribution in [0.5, 0.6) is 0 Å². The van der Waals surface area contributed by atoms with E-state index in [1.54, 1.807) is 0 Å². The Labute approximate surface area is 81.5 Å². The molecule has 0 aromatic heterocycles. The van der Waals surface area contributed by atoms with Crippen LogP contribution in [0.4, 0.5) is 4.39 Å². The average molecular weight is 216 g/mol. The molecule has 0 aliphatic rings. The second kappa shape index (κ2) is 3.88. The van der Waals surface area contributed by atoms with Gasteiger partial charge < -0.3 is 4.79 Å². The molecule has 0 radical (unpaired) electrons. The van der Waals surface area contributed by atoms with Crippen molar-refractivity contribution in [2.24, 2.45) is 0 Å². The fourth-order valence-electron chi connectivity index (χ4n) is 1.08. The van der Waals surface area contributed by atoms with Crippen molar-refractivity contribution in [2.75, 3.05) is 6.26 Å². The minimum absolute atomic E-state index is 0.281. The first-order valence-corrected chi connectivity index (χ1v) is 5.80. The van der Waals surface area contributed by atoms with Crippen molar-refractivity contribution in [3.63, 3.8) is 0 Å². The highest BCUT2D eigenvalue weighted by molar-refractivity contribution is 7.91. The molecule has 0 N–H and O–H groups in total. The molecule has 1 aromatic rings. The van der Waals surface area contributed by atoms with Crippen LogP contribution in [0.2, 0.25) is 0 Å². The third-order valence-corrected chi connectivity index (χ3v) is 3.09. The van der Waals surface area contributed by atoms with E-state index in [1.807, 2.05) is 0 Å². The summed E-state index contributed by atoms with van der Waals surface area (Å²) in [6.45, 7) is 0. The smallest absolute Gasteiger partial charge is 0.161 e. The molecule has 0 spiro atoms. The second-order valence-electron chi connectivity index (χ2n) is 2.94. The summed E-state index contributed by atoms with van der Waals surface area (Å²) in [5.74, 6) is -0.466. The molecule has 14 heavy (non-hydrogen) atoms. The number of benzene rings is 1. The zero-order valence-corrected chi connectivity index (χ0v) is 8.29. The van der Waals surface area contributed by atoms with Crippen LogP contribution in [0.1, 0.15) is 10.8 Å². The van der Waals surface area contributed by atoms with Gasteiger partial charge in [-0.05, 0) is 17.7 Å². The first kappa shape index (κ1) is 10.8. The minimum Gasteiger partial charge on any atom is -0.302 e. The molecule has 0 bridgehead atoms. The van der Waals surface area contributed by atoms with Gasteiger partial charge in [0.1, 0.15) is 17.4 Å². The maximum atomic E-state index is 12.5. The lowest BCUT2D eigenvalue weighted by atomic mass is 10.2. The van der Waals surface area contributed by atoms with Gasteiger partial charge in [0.15, 0.2) is 9.84 Å². The van der Waals surface area contributed by atoms with Crippen LogP contribution < -0.4 is 0 Å². The summed E-state index contributed by atoms with van der Waals surface area (Å²) >= 11 is 0. The van der Waals surface area contributed by atoms with Crippen molar-refractivity contribution >= 4 is 16.1 Å². The van der Waals surface area contributed by atoms with E-state index in [2.05, 4.69) is 0 Å². The molecular weight excluding hydrogens is 207 g/mol. The Kier molecular flexibility index (Phi) is 3.00. The van der Waals surface area contributed by atoms with Crippen LogP contribution in [-0.4, -0.2) is 21.0 Å². The number of sulfone groups is 1. The molecule has 0 fully saturated rings. The SMILES string of the molecule is CS(=O)(=O)C(C=O)c1ccc(F)cc1. The van der Waals surface area contributed by atoms with Gasteiger partial charge in [-0.25, -0.2) is 12.8 Å². The van der Waals surface area contributed by atoms with Crippen LogP contribution in [0.15, 0.2) is 24.3 Å². The highest BCUT2D eigenvalue weighted by Crippen LogP contribution is 2.19. The molecule has 76 valence electrons. The molecular formula is C9H9FO3S. The van der Waals surface area contributed by atoms with Gasteiger partial charge in [0.05, 0.1) is 0 Å². The normalized spacial score (nSPS) is 13.6. The van der Waals surface area contributed by atoms with E-state index in [0.717, 1.165) is 18.4 Å². The van der Waals surface area contributed by atoms with E-state index in [4.69, 9.17) is 0 Å².